The van der Waals surface area contributed by atoms with Crippen LogP contribution in [0, 0.1) is 10.1 Å². The molecule has 7 heteroatoms. The van der Waals surface area contributed by atoms with Gasteiger partial charge in [0.15, 0.2) is 0 Å². The zero-order valence-electron chi connectivity index (χ0n) is 14.0. The molecule has 0 aliphatic carbocycles. The third kappa shape index (κ3) is 2.61. The van der Waals surface area contributed by atoms with Gasteiger partial charge in [-0.05, 0) is 30.5 Å². The molecular weight excluding hydrogens is 334 g/mol. The Labute approximate surface area is 150 Å². The number of nitro benzene ring substituents is 1. The summed E-state index contributed by atoms with van der Waals surface area (Å²) in [7, 11) is 0. The van der Waals surface area contributed by atoms with Crippen LogP contribution in [-0.4, -0.2) is 34.2 Å². The van der Waals surface area contributed by atoms with Gasteiger partial charge < -0.3 is 9.80 Å². The first-order valence-corrected chi connectivity index (χ1v) is 8.51. The van der Waals surface area contributed by atoms with E-state index in [0.717, 1.165) is 6.42 Å². The van der Waals surface area contributed by atoms with Crippen molar-refractivity contribution in [3.8, 4) is 0 Å². The van der Waals surface area contributed by atoms with Crippen molar-refractivity contribution < 1.29 is 14.5 Å². The molecule has 0 aromatic heterocycles. The number of amides is 2. The smallest absolute Gasteiger partial charge is 0.269 e. The molecule has 2 aromatic carbocycles. The largest absolute Gasteiger partial charge is 0.327 e. The average Bonchev–Trinajstić information content (AvgIpc) is 3.12. The maximum atomic E-state index is 13.2. The number of rotatable bonds is 3. The molecule has 1 fully saturated rings. The average molecular weight is 351 g/mol. The zero-order valence-corrected chi connectivity index (χ0v) is 14.0. The SMILES string of the molecule is O=C1C2CCCN2C(=O)c2ccccc2N1Cc1cccc([N+](=O)[O-])c1. The molecule has 2 aliphatic rings. The summed E-state index contributed by atoms with van der Waals surface area (Å²) in [4.78, 5) is 39.8. The van der Waals surface area contributed by atoms with Gasteiger partial charge in [-0.1, -0.05) is 24.3 Å². The highest BCUT2D eigenvalue weighted by Crippen LogP contribution is 2.33. The van der Waals surface area contributed by atoms with Crippen LogP contribution in [0.15, 0.2) is 48.5 Å². The maximum absolute atomic E-state index is 13.2. The fraction of sp³-hybridized carbons (Fsp3) is 0.263. The molecule has 2 aromatic rings. The van der Waals surface area contributed by atoms with Gasteiger partial charge in [-0.3, -0.25) is 19.7 Å². The Kier molecular flexibility index (Phi) is 3.91. The first kappa shape index (κ1) is 16.3. The van der Waals surface area contributed by atoms with Crippen LogP contribution in [0.2, 0.25) is 0 Å². The molecule has 0 radical (unpaired) electrons. The number of para-hydroxylation sites is 1. The van der Waals surface area contributed by atoms with Crippen molar-refractivity contribution in [2.45, 2.75) is 25.4 Å². The quantitative estimate of drug-likeness (QED) is 0.629. The van der Waals surface area contributed by atoms with Gasteiger partial charge in [-0.15, -0.1) is 0 Å². The number of nitrogens with zero attached hydrogens (tertiary/aromatic N) is 3. The molecule has 0 N–H and O–H groups in total. The highest BCUT2D eigenvalue weighted by molar-refractivity contribution is 6.11. The van der Waals surface area contributed by atoms with Gasteiger partial charge >= 0.3 is 0 Å². The fourth-order valence-corrected chi connectivity index (χ4v) is 3.72. The van der Waals surface area contributed by atoms with Gasteiger partial charge in [0.1, 0.15) is 6.04 Å². The van der Waals surface area contributed by atoms with E-state index in [2.05, 4.69) is 0 Å². The Balaban J connectivity index is 1.77. The Hall–Kier alpha value is -3.22. The molecule has 7 nitrogen and oxygen atoms in total. The highest BCUT2D eigenvalue weighted by atomic mass is 16.6. The number of carbonyl (C=O) groups excluding carboxylic acids is 2. The first-order valence-electron chi connectivity index (χ1n) is 8.51. The Bertz CT molecular complexity index is 911. The summed E-state index contributed by atoms with van der Waals surface area (Å²) in [5, 5.41) is 11.0. The monoisotopic (exact) mass is 351 g/mol. The van der Waals surface area contributed by atoms with Crippen LogP contribution in [0.4, 0.5) is 11.4 Å². The van der Waals surface area contributed by atoms with Crippen LogP contribution in [0.5, 0.6) is 0 Å². The molecule has 2 heterocycles. The Morgan fingerprint density at radius 2 is 1.92 bits per heavy atom. The molecule has 2 amide bonds. The van der Waals surface area contributed by atoms with E-state index in [1.54, 1.807) is 46.2 Å². The number of fused-ring (bicyclic) bond motifs is 2. The van der Waals surface area contributed by atoms with Crippen LogP contribution in [0.25, 0.3) is 0 Å². The van der Waals surface area contributed by atoms with E-state index in [0.29, 0.717) is 29.8 Å². The van der Waals surface area contributed by atoms with Crippen molar-refractivity contribution in [2.24, 2.45) is 0 Å². The van der Waals surface area contributed by atoms with Gasteiger partial charge in [0.05, 0.1) is 22.7 Å². The van der Waals surface area contributed by atoms with E-state index >= 15 is 0 Å². The third-order valence-electron chi connectivity index (χ3n) is 4.95. The molecule has 2 aliphatic heterocycles. The summed E-state index contributed by atoms with van der Waals surface area (Å²) in [6.07, 6.45) is 1.44. The number of non-ortho nitro benzene ring substituents is 1. The van der Waals surface area contributed by atoms with Crippen molar-refractivity contribution in [2.75, 3.05) is 11.4 Å². The van der Waals surface area contributed by atoms with Crippen LogP contribution in [0.1, 0.15) is 28.8 Å². The standard InChI is InChI=1S/C19H17N3O4/c23-18-15-7-1-2-8-16(15)21(19(24)17-9-4-10-20(17)18)12-13-5-3-6-14(11-13)22(25)26/h1-3,5-8,11,17H,4,9-10,12H2. The zero-order chi connectivity index (χ0) is 18.3. The normalized spacial score (nSPS) is 19.2. The van der Waals surface area contributed by atoms with E-state index in [-0.39, 0.29) is 24.0 Å². The number of anilines is 1. The lowest BCUT2D eigenvalue weighted by Gasteiger charge is -2.26. The molecule has 1 saturated heterocycles. The lowest BCUT2D eigenvalue weighted by Crippen LogP contribution is -2.44. The molecule has 0 saturated carbocycles. The minimum Gasteiger partial charge on any atom is -0.327 e. The van der Waals surface area contributed by atoms with Crippen LogP contribution >= 0.6 is 0 Å². The van der Waals surface area contributed by atoms with E-state index < -0.39 is 11.0 Å². The van der Waals surface area contributed by atoms with Crippen LogP contribution in [0.3, 0.4) is 0 Å². The lowest BCUT2D eigenvalue weighted by molar-refractivity contribution is -0.384. The molecule has 4 rings (SSSR count). The van der Waals surface area contributed by atoms with Gasteiger partial charge in [0, 0.05) is 18.7 Å². The van der Waals surface area contributed by atoms with Crippen molar-refractivity contribution in [3.63, 3.8) is 0 Å². The Morgan fingerprint density at radius 1 is 1.12 bits per heavy atom. The minimum absolute atomic E-state index is 0.0170. The molecular formula is C19H17N3O4. The number of benzene rings is 2. The van der Waals surface area contributed by atoms with E-state index in [4.69, 9.17) is 0 Å². The second-order valence-corrected chi connectivity index (χ2v) is 6.53. The molecule has 1 atom stereocenters. The maximum Gasteiger partial charge on any atom is 0.269 e. The Morgan fingerprint density at radius 3 is 2.73 bits per heavy atom. The van der Waals surface area contributed by atoms with Crippen LogP contribution < -0.4 is 4.90 Å². The molecule has 0 spiro atoms. The van der Waals surface area contributed by atoms with Crippen molar-refractivity contribution in [1.29, 1.82) is 0 Å². The number of nitro groups is 1. The lowest BCUT2D eigenvalue weighted by atomic mass is 10.1. The van der Waals surface area contributed by atoms with Crippen molar-refractivity contribution in [3.05, 3.63) is 69.8 Å². The van der Waals surface area contributed by atoms with Gasteiger partial charge in [0.25, 0.3) is 11.6 Å². The second kappa shape index (κ2) is 6.25. The molecule has 0 bridgehead atoms. The summed E-state index contributed by atoms with van der Waals surface area (Å²) in [5.74, 6) is -0.259. The van der Waals surface area contributed by atoms with Gasteiger partial charge in [-0.25, -0.2) is 0 Å². The summed E-state index contributed by atoms with van der Waals surface area (Å²) in [5.41, 5.74) is 1.69. The van der Waals surface area contributed by atoms with Crippen LogP contribution in [-0.2, 0) is 11.3 Å². The van der Waals surface area contributed by atoms with Crippen molar-refractivity contribution in [1.82, 2.24) is 4.90 Å². The molecule has 26 heavy (non-hydrogen) atoms. The van der Waals surface area contributed by atoms with E-state index in [9.17, 15) is 19.7 Å². The van der Waals surface area contributed by atoms with Gasteiger partial charge in [0.2, 0.25) is 5.91 Å². The molecule has 1 unspecified atom stereocenters. The predicted octanol–water partition coefficient (Wildman–Crippen LogP) is 2.75. The second-order valence-electron chi connectivity index (χ2n) is 6.53. The number of hydrogen-bond donors (Lipinski definition) is 0. The minimum atomic E-state index is -0.464. The third-order valence-corrected chi connectivity index (χ3v) is 4.95. The number of carbonyl (C=O) groups is 2. The highest BCUT2D eigenvalue weighted by Gasteiger charge is 2.41. The summed E-state index contributed by atoms with van der Waals surface area (Å²) in [6.45, 7) is 0.767. The number of hydrogen-bond acceptors (Lipinski definition) is 4. The van der Waals surface area contributed by atoms with Crippen molar-refractivity contribution >= 4 is 23.2 Å². The summed E-state index contributed by atoms with van der Waals surface area (Å²) < 4.78 is 0. The van der Waals surface area contributed by atoms with Gasteiger partial charge in [-0.2, -0.15) is 0 Å². The predicted molar refractivity (Wildman–Crippen MR) is 94.8 cm³/mol. The van der Waals surface area contributed by atoms with E-state index in [1.165, 1.54) is 12.1 Å². The summed E-state index contributed by atoms with van der Waals surface area (Å²) >= 11 is 0. The molecule has 132 valence electrons. The fourth-order valence-electron chi connectivity index (χ4n) is 3.72. The first-order chi connectivity index (χ1) is 12.6. The summed E-state index contributed by atoms with van der Waals surface area (Å²) in [6, 6.07) is 12.8. The topological polar surface area (TPSA) is 83.8 Å². The van der Waals surface area contributed by atoms with E-state index in [1.807, 2.05) is 0 Å².